The van der Waals surface area contributed by atoms with Crippen molar-refractivity contribution in [1.82, 2.24) is 4.98 Å². The first-order chi connectivity index (χ1) is 9.41. The molecule has 1 aromatic rings. The van der Waals surface area contributed by atoms with Crippen molar-refractivity contribution < 1.29 is 19.4 Å². The Bertz CT molecular complexity index is 559. The van der Waals surface area contributed by atoms with Gasteiger partial charge in [-0.15, -0.1) is 0 Å². The fourth-order valence-corrected chi connectivity index (χ4v) is 2.44. The van der Waals surface area contributed by atoms with Crippen LogP contribution in [0.1, 0.15) is 21.7 Å². The van der Waals surface area contributed by atoms with Gasteiger partial charge in [0, 0.05) is 12.2 Å². The SMILES string of the molecule is Cc1cc(N2CCOCC2C(=O)O)c(C(N)=O)c(C)n1. The maximum Gasteiger partial charge on any atom is 0.328 e. The van der Waals surface area contributed by atoms with Crippen molar-refractivity contribution in [1.29, 1.82) is 0 Å². The van der Waals surface area contributed by atoms with Crippen LogP contribution in [0.3, 0.4) is 0 Å². The Morgan fingerprint density at radius 2 is 2.20 bits per heavy atom. The minimum absolute atomic E-state index is 0.0773. The van der Waals surface area contributed by atoms with Crippen molar-refractivity contribution in [2.24, 2.45) is 5.73 Å². The van der Waals surface area contributed by atoms with Crippen LogP contribution in [0, 0.1) is 13.8 Å². The van der Waals surface area contributed by atoms with Gasteiger partial charge in [0.2, 0.25) is 0 Å². The van der Waals surface area contributed by atoms with E-state index in [2.05, 4.69) is 4.98 Å². The Balaban J connectivity index is 2.54. The summed E-state index contributed by atoms with van der Waals surface area (Å²) in [5, 5.41) is 9.28. The summed E-state index contributed by atoms with van der Waals surface area (Å²) in [6.07, 6.45) is 0. The fourth-order valence-electron chi connectivity index (χ4n) is 2.44. The number of rotatable bonds is 3. The quantitative estimate of drug-likeness (QED) is 0.812. The van der Waals surface area contributed by atoms with Crippen molar-refractivity contribution in [2.45, 2.75) is 19.9 Å². The van der Waals surface area contributed by atoms with Crippen LogP contribution in [0.4, 0.5) is 5.69 Å². The molecule has 1 amide bonds. The average molecular weight is 279 g/mol. The zero-order valence-electron chi connectivity index (χ0n) is 11.4. The van der Waals surface area contributed by atoms with Crippen LogP contribution in [-0.4, -0.2) is 47.8 Å². The van der Waals surface area contributed by atoms with Crippen LogP contribution in [-0.2, 0) is 9.53 Å². The number of nitrogens with two attached hydrogens (primary N) is 1. The van der Waals surface area contributed by atoms with Gasteiger partial charge in [0.25, 0.3) is 5.91 Å². The lowest BCUT2D eigenvalue weighted by Gasteiger charge is -2.35. The van der Waals surface area contributed by atoms with Crippen molar-refractivity contribution in [3.8, 4) is 0 Å². The number of aliphatic carboxylic acids is 1. The van der Waals surface area contributed by atoms with Gasteiger partial charge in [-0.3, -0.25) is 9.78 Å². The normalized spacial score (nSPS) is 18.9. The third-order valence-corrected chi connectivity index (χ3v) is 3.28. The van der Waals surface area contributed by atoms with Gasteiger partial charge in [-0.1, -0.05) is 0 Å². The predicted octanol–water partition coefficient (Wildman–Crippen LogP) is 0.0871. The third-order valence-electron chi connectivity index (χ3n) is 3.28. The highest BCUT2D eigenvalue weighted by molar-refractivity contribution is 6.00. The number of primary amides is 1. The number of aromatic nitrogens is 1. The number of hydrogen-bond acceptors (Lipinski definition) is 5. The van der Waals surface area contributed by atoms with E-state index >= 15 is 0 Å². The molecule has 20 heavy (non-hydrogen) atoms. The van der Waals surface area contributed by atoms with E-state index in [1.807, 2.05) is 0 Å². The Morgan fingerprint density at radius 3 is 2.80 bits per heavy atom. The van der Waals surface area contributed by atoms with Crippen molar-refractivity contribution in [3.63, 3.8) is 0 Å². The zero-order chi connectivity index (χ0) is 14.9. The first-order valence-electron chi connectivity index (χ1n) is 6.27. The molecule has 0 bridgehead atoms. The molecule has 3 N–H and O–H groups in total. The van der Waals surface area contributed by atoms with E-state index in [1.54, 1.807) is 24.8 Å². The van der Waals surface area contributed by atoms with Crippen LogP contribution >= 0.6 is 0 Å². The Labute approximate surface area is 116 Å². The highest BCUT2D eigenvalue weighted by Crippen LogP contribution is 2.27. The van der Waals surface area contributed by atoms with Crippen LogP contribution in [0.2, 0.25) is 0 Å². The summed E-state index contributed by atoms with van der Waals surface area (Å²) < 4.78 is 5.20. The van der Waals surface area contributed by atoms with Gasteiger partial charge in [-0.25, -0.2) is 4.79 Å². The molecule has 1 atom stereocenters. The number of carbonyl (C=O) groups is 2. The maximum absolute atomic E-state index is 11.6. The van der Waals surface area contributed by atoms with Crippen LogP contribution in [0.15, 0.2) is 6.07 Å². The van der Waals surface area contributed by atoms with Crippen LogP contribution in [0.5, 0.6) is 0 Å². The molecule has 0 saturated carbocycles. The number of pyridine rings is 1. The number of anilines is 1. The van der Waals surface area contributed by atoms with Crippen molar-refractivity contribution in [2.75, 3.05) is 24.7 Å². The van der Waals surface area contributed by atoms with E-state index < -0.39 is 17.9 Å². The molecule has 0 aromatic carbocycles. The molecule has 2 rings (SSSR count). The standard InChI is InChI=1S/C13H17N3O4/c1-7-5-9(11(12(14)17)8(2)15-7)16-3-4-20-6-10(16)13(18)19/h5,10H,3-4,6H2,1-2H3,(H2,14,17)(H,18,19). The molecule has 1 fully saturated rings. The van der Waals surface area contributed by atoms with Gasteiger partial charge in [0.1, 0.15) is 0 Å². The molecule has 1 unspecified atom stereocenters. The minimum atomic E-state index is -0.993. The number of carboxylic acid groups (broad SMARTS) is 1. The molecule has 0 spiro atoms. The zero-order valence-corrected chi connectivity index (χ0v) is 11.4. The molecule has 1 aliphatic rings. The molecule has 1 aromatic heterocycles. The smallest absolute Gasteiger partial charge is 0.328 e. The summed E-state index contributed by atoms with van der Waals surface area (Å²) in [6, 6.07) is 0.858. The molecule has 2 heterocycles. The topological polar surface area (TPSA) is 106 Å². The van der Waals surface area contributed by atoms with Crippen LogP contribution < -0.4 is 10.6 Å². The molecule has 1 saturated heterocycles. The fraction of sp³-hybridized carbons (Fsp3) is 0.462. The van der Waals surface area contributed by atoms with E-state index in [4.69, 9.17) is 10.5 Å². The van der Waals surface area contributed by atoms with Gasteiger partial charge < -0.3 is 20.5 Å². The molecule has 0 aliphatic carbocycles. The highest BCUT2D eigenvalue weighted by atomic mass is 16.5. The number of carboxylic acids is 1. The maximum atomic E-state index is 11.6. The second kappa shape index (κ2) is 5.46. The summed E-state index contributed by atoms with van der Waals surface area (Å²) in [5.74, 6) is -1.60. The lowest BCUT2D eigenvalue weighted by atomic mass is 10.1. The molecule has 0 radical (unpaired) electrons. The third kappa shape index (κ3) is 2.57. The number of amides is 1. The van der Waals surface area contributed by atoms with Gasteiger partial charge in [-0.2, -0.15) is 0 Å². The first kappa shape index (κ1) is 14.3. The molecular weight excluding hydrogens is 262 g/mol. The van der Waals surface area contributed by atoms with Crippen molar-refractivity contribution >= 4 is 17.6 Å². The van der Waals surface area contributed by atoms with Crippen LogP contribution in [0.25, 0.3) is 0 Å². The van der Waals surface area contributed by atoms with E-state index in [0.29, 0.717) is 30.2 Å². The number of morpholine rings is 1. The lowest BCUT2D eigenvalue weighted by Crippen LogP contribution is -2.50. The average Bonchev–Trinajstić information content (AvgIpc) is 2.37. The largest absolute Gasteiger partial charge is 0.480 e. The summed E-state index contributed by atoms with van der Waals surface area (Å²) in [5.41, 5.74) is 7.40. The summed E-state index contributed by atoms with van der Waals surface area (Å²) in [7, 11) is 0. The summed E-state index contributed by atoms with van der Waals surface area (Å²) in [6.45, 7) is 4.35. The van der Waals surface area contributed by atoms with E-state index in [1.165, 1.54) is 0 Å². The number of nitrogens with zero attached hydrogens (tertiary/aromatic N) is 2. The summed E-state index contributed by atoms with van der Waals surface area (Å²) >= 11 is 0. The van der Waals surface area contributed by atoms with E-state index in [9.17, 15) is 14.7 Å². The van der Waals surface area contributed by atoms with Gasteiger partial charge in [0.15, 0.2) is 6.04 Å². The number of hydrogen-bond donors (Lipinski definition) is 2. The molecule has 108 valence electrons. The van der Waals surface area contributed by atoms with Gasteiger partial charge >= 0.3 is 5.97 Å². The highest BCUT2D eigenvalue weighted by Gasteiger charge is 2.32. The first-order valence-corrected chi connectivity index (χ1v) is 6.27. The number of aryl methyl sites for hydroxylation is 2. The van der Waals surface area contributed by atoms with E-state index in [-0.39, 0.29) is 12.2 Å². The summed E-state index contributed by atoms with van der Waals surface area (Å²) in [4.78, 5) is 28.8. The number of ether oxygens (including phenoxy) is 1. The second-order valence-corrected chi connectivity index (χ2v) is 4.73. The molecular formula is C13H17N3O4. The molecule has 7 heteroatoms. The van der Waals surface area contributed by atoms with Gasteiger partial charge in [0.05, 0.1) is 30.2 Å². The second-order valence-electron chi connectivity index (χ2n) is 4.73. The van der Waals surface area contributed by atoms with Gasteiger partial charge in [-0.05, 0) is 19.9 Å². The monoisotopic (exact) mass is 279 g/mol. The molecule has 1 aliphatic heterocycles. The Hall–Kier alpha value is -2.15. The Kier molecular flexibility index (Phi) is 3.89. The van der Waals surface area contributed by atoms with Crippen molar-refractivity contribution in [3.05, 3.63) is 23.0 Å². The van der Waals surface area contributed by atoms with E-state index in [0.717, 1.165) is 0 Å². The molecule has 7 nitrogen and oxygen atoms in total. The Morgan fingerprint density at radius 1 is 1.50 bits per heavy atom. The number of carbonyl (C=O) groups excluding carboxylic acids is 1. The lowest BCUT2D eigenvalue weighted by molar-refractivity contribution is -0.141. The predicted molar refractivity (Wildman–Crippen MR) is 71.8 cm³/mol. The minimum Gasteiger partial charge on any atom is -0.480 e.